The number of piperazine rings is 1. The molecule has 0 spiro atoms. The Morgan fingerprint density at radius 3 is 2.34 bits per heavy atom. The Kier molecular flexibility index (Phi) is 6.45. The Hall–Kier alpha value is -2.94. The molecule has 0 saturated carbocycles. The fourth-order valence-corrected chi connectivity index (χ4v) is 4.54. The minimum atomic E-state index is -0.474. The number of nitrogens with one attached hydrogen (secondary N) is 1. The summed E-state index contributed by atoms with van der Waals surface area (Å²) in [6.07, 6.45) is 0. The second kappa shape index (κ2) is 9.28. The summed E-state index contributed by atoms with van der Waals surface area (Å²) in [6, 6.07) is 15.3. The lowest BCUT2D eigenvalue weighted by Gasteiger charge is -2.37. The first-order valence-corrected chi connectivity index (χ1v) is 11.0. The number of carbonyl (C=O) groups excluding carboxylic acids is 1. The van der Waals surface area contributed by atoms with Crippen molar-refractivity contribution in [2.24, 2.45) is 0 Å². The van der Waals surface area contributed by atoms with Crippen LogP contribution in [-0.2, 0) is 0 Å². The second-order valence-corrected chi connectivity index (χ2v) is 8.47. The molecular formula is C22H18Cl2N4O3S. The van der Waals surface area contributed by atoms with Gasteiger partial charge in [-0.05, 0) is 35.8 Å². The van der Waals surface area contributed by atoms with Crippen molar-refractivity contribution >= 4 is 68.6 Å². The Labute approximate surface area is 199 Å². The summed E-state index contributed by atoms with van der Waals surface area (Å²) >= 11 is 18.0. The van der Waals surface area contributed by atoms with Crippen molar-refractivity contribution in [3.05, 3.63) is 80.3 Å². The normalized spacial score (nSPS) is 13.8. The quantitative estimate of drug-likeness (QED) is 0.321. The number of rotatable bonds is 3. The third-order valence-electron chi connectivity index (χ3n) is 5.38. The smallest absolute Gasteiger partial charge is 0.271 e. The van der Waals surface area contributed by atoms with Crippen molar-refractivity contribution in [1.82, 2.24) is 10.2 Å². The molecule has 3 aromatic carbocycles. The number of fused-ring (bicyclic) bond motifs is 1. The molecule has 1 fully saturated rings. The van der Waals surface area contributed by atoms with Crippen LogP contribution in [0.25, 0.3) is 10.8 Å². The van der Waals surface area contributed by atoms with Crippen LogP contribution in [0.2, 0.25) is 10.0 Å². The highest BCUT2D eigenvalue weighted by Crippen LogP contribution is 2.30. The molecule has 1 aliphatic rings. The van der Waals surface area contributed by atoms with Gasteiger partial charge in [-0.25, -0.2) is 0 Å². The summed E-state index contributed by atoms with van der Waals surface area (Å²) in [4.78, 5) is 27.3. The van der Waals surface area contributed by atoms with E-state index < -0.39 is 4.92 Å². The largest absolute Gasteiger partial charge is 0.367 e. The van der Waals surface area contributed by atoms with Gasteiger partial charge in [0.2, 0.25) is 0 Å². The van der Waals surface area contributed by atoms with Crippen molar-refractivity contribution in [2.45, 2.75) is 0 Å². The Balaban J connectivity index is 1.41. The molecule has 0 unspecified atom stereocenters. The van der Waals surface area contributed by atoms with E-state index >= 15 is 0 Å². The number of hydrogen-bond acceptors (Lipinski definition) is 5. The fourth-order valence-electron chi connectivity index (χ4n) is 3.73. The average Bonchev–Trinajstić information content (AvgIpc) is 2.79. The Morgan fingerprint density at radius 2 is 1.66 bits per heavy atom. The number of benzene rings is 3. The monoisotopic (exact) mass is 488 g/mol. The van der Waals surface area contributed by atoms with Gasteiger partial charge in [0.25, 0.3) is 11.6 Å². The molecule has 0 aliphatic carbocycles. The highest BCUT2D eigenvalue weighted by molar-refractivity contribution is 7.80. The van der Waals surface area contributed by atoms with Gasteiger partial charge in [-0.3, -0.25) is 20.2 Å². The lowest BCUT2D eigenvalue weighted by Crippen LogP contribution is -2.52. The fraction of sp³-hybridized carbons (Fsp3) is 0.182. The molecule has 4 rings (SSSR count). The standard InChI is InChI=1S/C22H18Cl2N4O3S/c23-18-6-2-3-15-16(18)4-1-5-17(15)21(29)25-22(32)27-11-9-26(10-12-27)20-8-7-14(28(30)31)13-19(20)24/h1-8,13H,9-12H2,(H,25,29,32). The maximum absolute atomic E-state index is 12.9. The zero-order valence-electron chi connectivity index (χ0n) is 16.8. The zero-order chi connectivity index (χ0) is 22.8. The third kappa shape index (κ3) is 4.48. The van der Waals surface area contributed by atoms with Gasteiger partial charge in [0.15, 0.2) is 5.11 Å². The van der Waals surface area contributed by atoms with Crippen LogP contribution in [0, 0.1) is 10.1 Å². The number of anilines is 1. The molecular weight excluding hydrogens is 471 g/mol. The van der Waals surface area contributed by atoms with E-state index in [-0.39, 0.29) is 11.6 Å². The lowest BCUT2D eigenvalue weighted by molar-refractivity contribution is -0.384. The summed E-state index contributed by atoms with van der Waals surface area (Å²) < 4.78 is 0. The van der Waals surface area contributed by atoms with Gasteiger partial charge in [0, 0.05) is 54.3 Å². The summed E-state index contributed by atoms with van der Waals surface area (Å²) in [7, 11) is 0. The minimum absolute atomic E-state index is 0.0454. The molecule has 164 valence electrons. The molecule has 1 aliphatic heterocycles. The first kappa shape index (κ1) is 22.3. The summed E-state index contributed by atoms with van der Waals surface area (Å²) in [5.74, 6) is -0.288. The number of non-ortho nitro benzene ring substituents is 1. The predicted molar refractivity (Wildman–Crippen MR) is 131 cm³/mol. The van der Waals surface area contributed by atoms with E-state index in [0.29, 0.717) is 46.9 Å². The molecule has 0 radical (unpaired) electrons. The van der Waals surface area contributed by atoms with Gasteiger partial charge in [-0.2, -0.15) is 0 Å². The molecule has 7 nitrogen and oxygen atoms in total. The average molecular weight is 489 g/mol. The highest BCUT2D eigenvalue weighted by Gasteiger charge is 2.23. The lowest BCUT2D eigenvalue weighted by atomic mass is 10.0. The molecule has 0 atom stereocenters. The highest BCUT2D eigenvalue weighted by atomic mass is 35.5. The maximum Gasteiger partial charge on any atom is 0.271 e. The number of nitro benzene ring substituents is 1. The van der Waals surface area contributed by atoms with Gasteiger partial charge < -0.3 is 9.80 Å². The van der Waals surface area contributed by atoms with Crippen molar-refractivity contribution in [2.75, 3.05) is 31.1 Å². The van der Waals surface area contributed by atoms with E-state index in [0.717, 1.165) is 16.5 Å². The summed E-state index contributed by atoms with van der Waals surface area (Å²) in [5, 5.41) is 16.6. The van der Waals surface area contributed by atoms with Crippen LogP contribution >= 0.6 is 35.4 Å². The number of thiocarbonyl (C=S) groups is 1. The van der Waals surface area contributed by atoms with Crippen LogP contribution in [0.1, 0.15) is 10.4 Å². The topological polar surface area (TPSA) is 78.7 Å². The molecule has 10 heteroatoms. The molecule has 0 aromatic heterocycles. The number of nitrogens with zero attached hydrogens (tertiary/aromatic N) is 3. The van der Waals surface area contributed by atoms with Crippen LogP contribution in [0.4, 0.5) is 11.4 Å². The maximum atomic E-state index is 12.9. The van der Waals surface area contributed by atoms with Gasteiger partial charge in [-0.15, -0.1) is 0 Å². The molecule has 1 saturated heterocycles. The van der Waals surface area contributed by atoms with Gasteiger partial charge >= 0.3 is 0 Å². The van der Waals surface area contributed by atoms with Crippen molar-refractivity contribution in [1.29, 1.82) is 0 Å². The van der Waals surface area contributed by atoms with Crippen molar-refractivity contribution in [3.63, 3.8) is 0 Å². The SMILES string of the molecule is O=C(NC(=S)N1CCN(c2ccc([N+](=O)[O-])cc2Cl)CC1)c1cccc2c(Cl)cccc12. The first-order valence-electron chi connectivity index (χ1n) is 9.81. The number of nitro groups is 1. The van der Waals surface area contributed by atoms with Gasteiger partial charge in [0.1, 0.15) is 0 Å². The second-order valence-electron chi connectivity index (χ2n) is 7.27. The first-order chi connectivity index (χ1) is 15.3. The number of hydrogen-bond donors (Lipinski definition) is 1. The minimum Gasteiger partial charge on any atom is -0.367 e. The van der Waals surface area contributed by atoms with Crippen LogP contribution in [-0.4, -0.2) is 47.0 Å². The molecule has 1 amide bonds. The van der Waals surface area contributed by atoms with E-state index in [4.69, 9.17) is 35.4 Å². The van der Waals surface area contributed by atoms with Crippen LogP contribution in [0.15, 0.2) is 54.6 Å². The van der Waals surface area contributed by atoms with E-state index in [1.807, 2.05) is 28.0 Å². The molecule has 0 bridgehead atoms. The number of amides is 1. The van der Waals surface area contributed by atoms with Crippen LogP contribution < -0.4 is 10.2 Å². The van der Waals surface area contributed by atoms with Crippen LogP contribution in [0.3, 0.4) is 0 Å². The zero-order valence-corrected chi connectivity index (χ0v) is 19.1. The van der Waals surface area contributed by atoms with Crippen LogP contribution in [0.5, 0.6) is 0 Å². The van der Waals surface area contributed by atoms with Gasteiger partial charge in [-0.1, -0.05) is 47.5 Å². The molecule has 1 heterocycles. The van der Waals surface area contributed by atoms with E-state index in [1.54, 1.807) is 24.3 Å². The summed E-state index contributed by atoms with van der Waals surface area (Å²) in [6.45, 7) is 2.37. The van der Waals surface area contributed by atoms with E-state index in [9.17, 15) is 14.9 Å². The van der Waals surface area contributed by atoms with Gasteiger partial charge in [0.05, 0.1) is 15.6 Å². The number of halogens is 2. The van der Waals surface area contributed by atoms with E-state index in [2.05, 4.69) is 5.32 Å². The van der Waals surface area contributed by atoms with Crippen molar-refractivity contribution < 1.29 is 9.72 Å². The van der Waals surface area contributed by atoms with Crippen molar-refractivity contribution in [3.8, 4) is 0 Å². The molecule has 1 N–H and O–H groups in total. The Bertz CT molecular complexity index is 1230. The molecule has 32 heavy (non-hydrogen) atoms. The Morgan fingerprint density at radius 1 is 0.969 bits per heavy atom. The number of carbonyl (C=O) groups is 1. The third-order valence-corrected chi connectivity index (χ3v) is 6.38. The summed E-state index contributed by atoms with van der Waals surface area (Å²) in [5.41, 5.74) is 1.19. The molecule has 3 aromatic rings. The predicted octanol–water partition coefficient (Wildman–Crippen LogP) is 4.89. The van der Waals surface area contributed by atoms with E-state index in [1.165, 1.54) is 12.1 Å².